The smallest absolute Gasteiger partial charge is 0.156 e. The van der Waals surface area contributed by atoms with Crippen LogP contribution in [-0.4, -0.2) is 41.3 Å². The lowest BCUT2D eigenvalue weighted by atomic mass is 9.51. The number of anilines is 1. The van der Waals surface area contributed by atoms with Gasteiger partial charge in [-0.3, -0.25) is 4.79 Å². The minimum Gasteiger partial charge on any atom is -0.392 e. The molecule has 3 fully saturated rings. The highest BCUT2D eigenvalue weighted by Gasteiger charge is 2.61. The minimum absolute atomic E-state index is 0.0363. The van der Waals surface area contributed by atoms with E-state index in [1.54, 1.807) is 11.6 Å². The summed E-state index contributed by atoms with van der Waals surface area (Å²) >= 11 is 0. The van der Waals surface area contributed by atoms with Crippen LogP contribution >= 0.6 is 0 Å². The van der Waals surface area contributed by atoms with E-state index in [1.807, 2.05) is 12.2 Å². The van der Waals surface area contributed by atoms with E-state index in [2.05, 4.69) is 36.1 Å². The monoisotopic (exact) mass is 487 g/mol. The molecular weight excluding hydrogens is 446 g/mol. The Hall–Kier alpha value is -2.17. The minimum atomic E-state index is -0.888. The standard InChI is InChI=1S/C32H41NO3/c1-31-21-28(22-6-9-24(10-7-22)33-17-3-2-4-18-33)30-26-13-11-25(35)20-23(26)8-12-27(30)29(31)14-16-32(31,36)15-5-19-34/h5-7,9-10,15,20,27-29,34,36H,2-4,8,11-14,16-19,21H2,1H3/b15-5-/t27-,28+,29-,31-,32-/m0/s1. The van der Waals surface area contributed by atoms with Gasteiger partial charge >= 0.3 is 0 Å². The molecule has 2 saturated carbocycles. The number of piperidine rings is 1. The Morgan fingerprint density at radius 2 is 1.83 bits per heavy atom. The lowest BCUT2D eigenvalue weighted by Gasteiger charge is -2.54. The molecule has 4 aliphatic carbocycles. The van der Waals surface area contributed by atoms with Gasteiger partial charge in [-0.1, -0.05) is 36.8 Å². The summed E-state index contributed by atoms with van der Waals surface area (Å²) in [6.07, 6.45) is 15.7. The first-order valence-electron chi connectivity index (χ1n) is 14.3. The number of hydrogen-bond donors (Lipinski definition) is 2. The molecule has 0 unspecified atom stereocenters. The van der Waals surface area contributed by atoms with E-state index in [4.69, 9.17) is 0 Å². The number of nitrogens with zero attached hydrogens (tertiary/aromatic N) is 1. The molecular formula is C32H41NO3. The van der Waals surface area contributed by atoms with Crippen LogP contribution in [-0.2, 0) is 4.79 Å². The maximum atomic E-state index is 12.3. The second-order valence-electron chi connectivity index (χ2n) is 12.2. The molecule has 1 aromatic rings. The Kier molecular flexibility index (Phi) is 6.24. The van der Waals surface area contributed by atoms with Gasteiger partial charge in [0.25, 0.3) is 0 Å². The summed E-state index contributed by atoms with van der Waals surface area (Å²) in [5.74, 6) is 1.41. The van der Waals surface area contributed by atoms with Crippen molar-refractivity contribution in [2.75, 3.05) is 24.6 Å². The van der Waals surface area contributed by atoms with Gasteiger partial charge in [0.15, 0.2) is 5.78 Å². The molecule has 1 heterocycles. The van der Waals surface area contributed by atoms with Crippen LogP contribution in [0.15, 0.2) is 59.2 Å². The van der Waals surface area contributed by atoms with Gasteiger partial charge in [0.1, 0.15) is 0 Å². The van der Waals surface area contributed by atoms with E-state index in [0.29, 0.717) is 18.3 Å². The number of hydrogen-bond acceptors (Lipinski definition) is 4. The molecule has 4 heteroatoms. The number of fused-ring (bicyclic) bond motifs is 4. The van der Waals surface area contributed by atoms with Gasteiger partial charge in [-0.05, 0) is 105 Å². The zero-order valence-electron chi connectivity index (χ0n) is 21.7. The van der Waals surface area contributed by atoms with Crippen LogP contribution < -0.4 is 4.90 Å². The molecule has 1 aliphatic heterocycles. The van der Waals surface area contributed by atoms with Crippen LogP contribution in [0.3, 0.4) is 0 Å². The number of ketones is 1. The largest absolute Gasteiger partial charge is 0.392 e. The highest BCUT2D eigenvalue weighted by molar-refractivity contribution is 5.93. The summed E-state index contributed by atoms with van der Waals surface area (Å²) in [6.45, 7) is 4.56. The zero-order chi connectivity index (χ0) is 24.9. The fraction of sp³-hybridized carbons (Fsp3) is 0.594. The van der Waals surface area contributed by atoms with Crippen molar-refractivity contribution >= 4 is 11.5 Å². The van der Waals surface area contributed by atoms with E-state index < -0.39 is 5.60 Å². The maximum absolute atomic E-state index is 12.3. The number of carbonyl (C=O) groups excluding carboxylic acids is 1. The van der Waals surface area contributed by atoms with Gasteiger partial charge in [0.2, 0.25) is 0 Å². The van der Waals surface area contributed by atoms with Crippen LogP contribution in [0.25, 0.3) is 0 Å². The molecule has 5 aliphatic rings. The number of carbonyl (C=O) groups is 1. The van der Waals surface area contributed by atoms with Crippen molar-refractivity contribution in [2.24, 2.45) is 17.3 Å². The van der Waals surface area contributed by atoms with Gasteiger partial charge < -0.3 is 15.1 Å². The highest BCUT2D eigenvalue weighted by Crippen LogP contribution is 2.67. The van der Waals surface area contributed by atoms with E-state index in [0.717, 1.165) is 51.6 Å². The van der Waals surface area contributed by atoms with Gasteiger partial charge in [0.05, 0.1) is 12.2 Å². The highest BCUT2D eigenvalue weighted by atomic mass is 16.3. The number of rotatable bonds is 4. The molecule has 4 nitrogen and oxygen atoms in total. The third-order valence-corrected chi connectivity index (χ3v) is 10.5. The van der Waals surface area contributed by atoms with Crippen molar-refractivity contribution < 1.29 is 15.0 Å². The lowest BCUT2D eigenvalue weighted by Crippen LogP contribution is -2.50. The molecule has 0 amide bonds. The normalized spacial score (nSPS) is 36.5. The van der Waals surface area contributed by atoms with Crippen molar-refractivity contribution in [1.82, 2.24) is 0 Å². The molecule has 2 N–H and O–H groups in total. The summed E-state index contributed by atoms with van der Waals surface area (Å²) in [7, 11) is 0. The van der Waals surface area contributed by atoms with Crippen LogP contribution in [0, 0.1) is 17.3 Å². The molecule has 36 heavy (non-hydrogen) atoms. The Labute approximate surface area is 215 Å². The van der Waals surface area contributed by atoms with Gasteiger partial charge in [-0.25, -0.2) is 0 Å². The predicted molar refractivity (Wildman–Crippen MR) is 144 cm³/mol. The Bertz CT molecular complexity index is 1110. The van der Waals surface area contributed by atoms with E-state index in [9.17, 15) is 15.0 Å². The molecule has 192 valence electrons. The van der Waals surface area contributed by atoms with Crippen LogP contribution in [0.2, 0.25) is 0 Å². The van der Waals surface area contributed by atoms with E-state index in [-0.39, 0.29) is 23.7 Å². The summed E-state index contributed by atoms with van der Waals surface area (Å²) in [5, 5.41) is 21.4. The molecule has 5 atom stereocenters. The topological polar surface area (TPSA) is 60.8 Å². The van der Waals surface area contributed by atoms with Crippen LogP contribution in [0.4, 0.5) is 5.69 Å². The predicted octanol–water partition coefficient (Wildman–Crippen LogP) is 5.86. The van der Waals surface area contributed by atoms with E-state index >= 15 is 0 Å². The number of allylic oxidation sites excluding steroid dienone is 4. The maximum Gasteiger partial charge on any atom is 0.156 e. The second kappa shape index (κ2) is 9.29. The van der Waals surface area contributed by atoms with Gasteiger partial charge in [-0.2, -0.15) is 0 Å². The number of aliphatic hydroxyl groups excluding tert-OH is 1. The second-order valence-corrected chi connectivity index (χ2v) is 12.2. The first-order valence-corrected chi connectivity index (χ1v) is 14.3. The van der Waals surface area contributed by atoms with Crippen molar-refractivity contribution in [3.8, 4) is 0 Å². The summed E-state index contributed by atoms with van der Waals surface area (Å²) in [6, 6.07) is 9.30. The summed E-state index contributed by atoms with van der Waals surface area (Å²) in [5.41, 5.74) is 5.86. The fourth-order valence-electron chi connectivity index (χ4n) is 8.59. The molecule has 0 bridgehead atoms. The molecule has 6 rings (SSSR count). The average Bonchev–Trinajstić information content (AvgIpc) is 3.17. The van der Waals surface area contributed by atoms with Crippen LogP contribution in [0.1, 0.15) is 82.6 Å². The zero-order valence-corrected chi connectivity index (χ0v) is 21.7. The SMILES string of the molecule is C[C@]12C[C@H](c3ccc(N4CCCCC4)cc3)C3=C4CCC(=O)C=C4CC[C@H]3[C@@H]1CC[C@@]2(O)/C=C\CO. The summed E-state index contributed by atoms with van der Waals surface area (Å²) < 4.78 is 0. The summed E-state index contributed by atoms with van der Waals surface area (Å²) in [4.78, 5) is 14.8. The van der Waals surface area contributed by atoms with Crippen molar-refractivity contribution in [3.05, 3.63) is 64.8 Å². The molecule has 1 saturated heterocycles. The molecule has 1 aromatic carbocycles. The fourth-order valence-corrected chi connectivity index (χ4v) is 8.59. The number of aliphatic hydroxyl groups is 2. The first kappa shape index (κ1) is 24.2. The Balaban J connectivity index is 1.43. The molecule has 0 aromatic heterocycles. The van der Waals surface area contributed by atoms with Crippen molar-refractivity contribution in [2.45, 2.75) is 82.7 Å². The Morgan fingerprint density at radius 1 is 1.06 bits per heavy atom. The van der Waals surface area contributed by atoms with Crippen LogP contribution in [0.5, 0.6) is 0 Å². The number of benzene rings is 1. The average molecular weight is 488 g/mol. The van der Waals surface area contributed by atoms with Crippen molar-refractivity contribution in [1.29, 1.82) is 0 Å². The van der Waals surface area contributed by atoms with Crippen molar-refractivity contribution in [3.63, 3.8) is 0 Å². The van der Waals surface area contributed by atoms with Gasteiger partial charge in [-0.15, -0.1) is 0 Å². The third kappa shape index (κ3) is 3.83. The first-order chi connectivity index (χ1) is 17.4. The Morgan fingerprint density at radius 3 is 2.58 bits per heavy atom. The molecule has 0 radical (unpaired) electrons. The molecule has 0 spiro atoms. The quantitative estimate of drug-likeness (QED) is 0.523. The third-order valence-electron chi connectivity index (χ3n) is 10.5. The van der Waals surface area contributed by atoms with Gasteiger partial charge in [0, 0.05) is 36.5 Å². The van der Waals surface area contributed by atoms with E-state index in [1.165, 1.54) is 41.7 Å². The lowest BCUT2D eigenvalue weighted by molar-refractivity contribution is -0.114.